The van der Waals surface area contributed by atoms with E-state index in [0.29, 0.717) is 21.9 Å². The summed E-state index contributed by atoms with van der Waals surface area (Å²) in [6.07, 6.45) is 0. The number of aromatic nitrogens is 2. The van der Waals surface area contributed by atoms with Crippen molar-refractivity contribution in [2.24, 2.45) is 0 Å². The van der Waals surface area contributed by atoms with Gasteiger partial charge in [0.05, 0.1) is 24.1 Å². The zero-order chi connectivity index (χ0) is 12.3. The second-order valence-electron chi connectivity index (χ2n) is 3.19. The maximum Gasteiger partial charge on any atom is 0.247 e. The molecule has 0 unspecified atom stereocenters. The standard InChI is InChI=1S/C11H10N2O3S/c1-16-10-11(17-6-9(14)15)13-8-5-3-2-4-7(8)12-10/h2-5H,6H2,1H3,(H,14,15)/p-1. The summed E-state index contributed by atoms with van der Waals surface area (Å²) in [5.41, 5.74) is 1.41. The molecule has 0 saturated heterocycles. The van der Waals surface area contributed by atoms with Gasteiger partial charge in [-0.2, -0.15) is 0 Å². The largest absolute Gasteiger partial charge is 0.549 e. The van der Waals surface area contributed by atoms with Crippen molar-refractivity contribution in [1.82, 2.24) is 9.97 Å². The van der Waals surface area contributed by atoms with Crippen molar-refractivity contribution in [2.75, 3.05) is 12.9 Å². The minimum atomic E-state index is -1.15. The van der Waals surface area contributed by atoms with E-state index in [-0.39, 0.29) is 5.75 Å². The molecule has 88 valence electrons. The fourth-order valence-electron chi connectivity index (χ4n) is 1.32. The molecule has 0 aliphatic rings. The molecule has 17 heavy (non-hydrogen) atoms. The van der Waals surface area contributed by atoms with E-state index in [4.69, 9.17) is 4.74 Å². The van der Waals surface area contributed by atoms with Gasteiger partial charge in [0.15, 0.2) is 5.03 Å². The number of carboxylic acids is 1. The van der Waals surface area contributed by atoms with Gasteiger partial charge in [-0.05, 0) is 12.1 Å². The van der Waals surface area contributed by atoms with Crippen molar-refractivity contribution in [3.63, 3.8) is 0 Å². The van der Waals surface area contributed by atoms with Crippen LogP contribution >= 0.6 is 11.8 Å². The molecule has 0 amide bonds. The van der Waals surface area contributed by atoms with E-state index in [2.05, 4.69) is 9.97 Å². The minimum absolute atomic E-state index is 0.177. The number of carbonyl (C=O) groups is 1. The highest BCUT2D eigenvalue weighted by Gasteiger charge is 2.09. The van der Waals surface area contributed by atoms with Gasteiger partial charge in [0.1, 0.15) is 0 Å². The number of thioether (sulfide) groups is 1. The summed E-state index contributed by atoms with van der Waals surface area (Å²) in [5.74, 6) is -0.995. The predicted molar refractivity (Wildman–Crippen MR) is 61.8 cm³/mol. The van der Waals surface area contributed by atoms with Gasteiger partial charge in [-0.3, -0.25) is 0 Å². The third-order valence-electron chi connectivity index (χ3n) is 2.03. The number of ether oxygens (including phenoxy) is 1. The van der Waals surface area contributed by atoms with Crippen LogP contribution in [0.5, 0.6) is 5.88 Å². The Morgan fingerprint density at radius 3 is 2.59 bits per heavy atom. The lowest BCUT2D eigenvalue weighted by atomic mass is 10.3. The first-order chi connectivity index (χ1) is 8.20. The average Bonchev–Trinajstić information content (AvgIpc) is 2.35. The lowest BCUT2D eigenvalue weighted by Gasteiger charge is -2.08. The van der Waals surface area contributed by atoms with Crippen molar-refractivity contribution < 1.29 is 14.6 Å². The van der Waals surface area contributed by atoms with E-state index >= 15 is 0 Å². The Labute approximate surface area is 102 Å². The van der Waals surface area contributed by atoms with Gasteiger partial charge < -0.3 is 14.6 Å². The first kappa shape index (κ1) is 11.7. The summed E-state index contributed by atoms with van der Waals surface area (Å²) in [5, 5.41) is 10.9. The van der Waals surface area contributed by atoms with Crippen molar-refractivity contribution in [2.45, 2.75) is 5.03 Å². The second-order valence-corrected chi connectivity index (χ2v) is 4.15. The molecule has 0 fully saturated rings. The predicted octanol–water partition coefficient (Wildman–Crippen LogP) is 0.480. The van der Waals surface area contributed by atoms with Crippen LogP contribution in [-0.4, -0.2) is 28.8 Å². The zero-order valence-corrected chi connectivity index (χ0v) is 9.86. The maximum atomic E-state index is 10.4. The number of para-hydroxylation sites is 2. The fourth-order valence-corrected chi connectivity index (χ4v) is 1.99. The molecular formula is C11H9N2O3S-. The normalized spacial score (nSPS) is 10.4. The summed E-state index contributed by atoms with van der Waals surface area (Å²) in [6.45, 7) is 0. The Hall–Kier alpha value is -1.82. The number of methoxy groups -OCH3 is 1. The topological polar surface area (TPSA) is 75.1 Å². The van der Waals surface area contributed by atoms with Gasteiger partial charge in [-0.1, -0.05) is 23.9 Å². The number of carbonyl (C=O) groups excluding carboxylic acids is 1. The van der Waals surface area contributed by atoms with Crippen LogP contribution in [0.4, 0.5) is 0 Å². The third kappa shape index (κ3) is 2.65. The second kappa shape index (κ2) is 5.01. The summed E-state index contributed by atoms with van der Waals surface area (Å²) in [7, 11) is 1.47. The van der Waals surface area contributed by atoms with Gasteiger partial charge in [-0.25, -0.2) is 9.97 Å². The monoisotopic (exact) mass is 249 g/mol. The maximum absolute atomic E-state index is 10.4. The summed E-state index contributed by atoms with van der Waals surface area (Å²) in [6, 6.07) is 7.32. The number of carboxylic acid groups (broad SMARTS) is 1. The number of aliphatic carboxylic acids is 1. The van der Waals surface area contributed by atoms with Crippen LogP contribution in [-0.2, 0) is 4.79 Å². The molecule has 0 bridgehead atoms. The highest BCUT2D eigenvalue weighted by molar-refractivity contribution is 8.00. The van der Waals surface area contributed by atoms with E-state index in [1.165, 1.54) is 7.11 Å². The third-order valence-corrected chi connectivity index (χ3v) is 2.95. The first-order valence-electron chi connectivity index (χ1n) is 4.84. The molecule has 0 aliphatic heterocycles. The van der Waals surface area contributed by atoms with E-state index in [1.54, 1.807) is 0 Å². The molecule has 1 aromatic heterocycles. The first-order valence-corrected chi connectivity index (χ1v) is 5.82. The average molecular weight is 249 g/mol. The lowest BCUT2D eigenvalue weighted by Crippen LogP contribution is -2.24. The van der Waals surface area contributed by atoms with Crippen molar-refractivity contribution in [3.05, 3.63) is 24.3 Å². The molecule has 5 nitrogen and oxygen atoms in total. The quantitative estimate of drug-likeness (QED) is 0.734. The Morgan fingerprint density at radius 2 is 2.00 bits per heavy atom. The molecule has 0 spiro atoms. The molecule has 6 heteroatoms. The molecule has 0 radical (unpaired) electrons. The number of rotatable bonds is 4. The van der Waals surface area contributed by atoms with Crippen molar-refractivity contribution >= 4 is 28.8 Å². The van der Waals surface area contributed by atoms with Gasteiger partial charge >= 0.3 is 0 Å². The van der Waals surface area contributed by atoms with Crippen LogP contribution in [0.3, 0.4) is 0 Å². The zero-order valence-electron chi connectivity index (χ0n) is 9.04. The highest BCUT2D eigenvalue weighted by Crippen LogP contribution is 2.27. The molecule has 0 aliphatic carbocycles. The van der Waals surface area contributed by atoms with Gasteiger partial charge in [-0.15, -0.1) is 0 Å². The molecular weight excluding hydrogens is 240 g/mol. The highest BCUT2D eigenvalue weighted by atomic mass is 32.2. The van der Waals surface area contributed by atoms with Crippen LogP contribution in [0.15, 0.2) is 29.3 Å². The lowest BCUT2D eigenvalue weighted by molar-refractivity contribution is -0.301. The van der Waals surface area contributed by atoms with Crippen LogP contribution < -0.4 is 9.84 Å². The van der Waals surface area contributed by atoms with E-state index in [1.807, 2.05) is 24.3 Å². The fraction of sp³-hybridized carbons (Fsp3) is 0.182. The summed E-state index contributed by atoms with van der Waals surface area (Å²) >= 11 is 1.03. The Kier molecular flexibility index (Phi) is 3.43. The molecule has 0 N–H and O–H groups in total. The Morgan fingerprint density at radius 1 is 1.35 bits per heavy atom. The summed E-state index contributed by atoms with van der Waals surface area (Å²) < 4.78 is 5.08. The Bertz CT molecular complexity index is 559. The number of nitrogens with zero attached hydrogens (tertiary/aromatic N) is 2. The minimum Gasteiger partial charge on any atom is -0.549 e. The van der Waals surface area contributed by atoms with Crippen LogP contribution in [0.2, 0.25) is 0 Å². The van der Waals surface area contributed by atoms with Crippen molar-refractivity contribution in [1.29, 1.82) is 0 Å². The van der Waals surface area contributed by atoms with Crippen molar-refractivity contribution in [3.8, 4) is 5.88 Å². The molecule has 2 aromatic rings. The SMILES string of the molecule is COc1nc2ccccc2nc1SCC(=O)[O-]. The van der Waals surface area contributed by atoms with E-state index < -0.39 is 5.97 Å². The molecule has 0 saturated carbocycles. The number of hydrogen-bond acceptors (Lipinski definition) is 6. The summed E-state index contributed by atoms with van der Waals surface area (Å²) in [4.78, 5) is 19.0. The Balaban J connectivity index is 2.41. The molecule has 1 heterocycles. The van der Waals surface area contributed by atoms with E-state index in [9.17, 15) is 9.90 Å². The number of benzene rings is 1. The molecule has 0 atom stereocenters. The molecule has 2 rings (SSSR count). The van der Waals surface area contributed by atoms with Gasteiger partial charge in [0.25, 0.3) is 0 Å². The smallest absolute Gasteiger partial charge is 0.247 e. The van der Waals surface area contributed by atoms with Crippen LogP contribution in [0, 0.1) is 0 Å². The molecule has 1 aromatic carbocycles. The van der Waals surface area contributed by atoms with Crippen LogP contribution in [0.1, 0.15) is 0 Å². The van der Waals surface area contributed by atoms with Crippen LogP contribution in [0.25, 0.3) is 11.0 Å². The van der Waals surface area contributed by atoms with E-state index in [0.717, 1.165) is 11.8 Å². The number of fused-ring (bicyclic) bond motifs is 1. The van der Waals surface area contributed by atoms with Gasteiger partial charge in [0, 0.05) is 5.75 Å². The number of hydrogen-bond donors (Lipinski definition) is 0. The van der Waals surface area contributed by atoms with Gasteiger partial charge in [0.2, 0.25) is 5.88 Å².